The highest BCUT2D eigenvalue weighted by Crippen LogP contribution is 2.64. The molecule has 24 unspecified atom stereocenters. The van der Waals surface area contributed by atoms with E-state index in [0.717, 1.165) is 51.9 Å². The predicted octanol–water partition coefficient (Wildman–Crippen LogP) is 6.23. The molecule has 4 saturated carbocycles. The minimum absolute atomic E-state index is 0. The van der Waals surface area contributed by atoms with Crippen molar-refractivity contribution < 1.29 is 5.48 Å². The summed E-state index contributed by atoms with van der Waals surface area (Å²) in [6.45, 7) is 4.01. The summed E-state index contributed by atoms with van der Waals surface area (Å²) in [7, 11) is 0. The van der Waals surface area contributed by atoms with Gasteiger partial charge in [-0.05, 0) is 206 Å². The Labute approximate surface area is 482 Å². The van der Waals surface area contributed by atoms with Crippen molar-refractivity contribution in [2.24, 2.45) is 71.0 Å². The Balaban J connectivity index is 0.00000542. The first kappa shape index (κ1) is 52.9. The molecule has 9 heterocycles. The molecule has 0 aromatic heterocycles. The molecule has 13 heteroatoms. The van der Waals surface area contributed by atoms with Crippen molar-refractivity contribution in [2.75, 3.05) is 26.2 Å². The van der Waals surface area contributed by atoms with Crippen LogP contribution in [-0.4, -0.2) is 81.0 Å². The third-order valence-corrected chi connectivity index (χ3v) is 24.6. The molecular formula is C68H94N12O. The second-order valence-electron chi connectivity index (χ2n) is 28.0. The lowest BCUT2D eigenvalue weighted by Gasteiger charge is -2.61. The Kier molecular flexibility index (Phi) is 14.4. The predicted molar refractivity (Wildman–Crippen MR) is 320 cm³/mol. The highest BCUT2D eigenvalue weighted by atomic mass is 16.0. The van der Waals surface area contributed by atoms with Crippen molar-refractivity contribution in [3.8, 4) is 0 Å². The van der Waals surface area contributed by atoms with Gasteiger partial charge in [0.1, 0.15) is 0 Å². The quantitative estimate of drug-likeness (QED) is 0.111. The monoisotopic (exact) mass is 1090 g/mol. The van der Waals surface area contributed by atoms with Crippen LogP contribution in [0.15, 0.2) is 97.1 Å². The number of nitrogens with one attached hydrogen (secondary N) is 12. The molecule has 0 amide bonds. The summed E-state index contributed by atoms with van der Waals surface area (Å²) in [6.07, 6.45) is 21.9. The molecule has 4 aromatic rings. The molecule has 14 N–H and O–H groups in total. The molecular weight excluding hydrogens is 1000 g/mol. The van der Waals surface area contributed by atoms with Gasteiger partial charge in [-0.1, -0.05) is 136 Å². The zero-order valence-electron chi connectivity index (χ0n) is 47.7. The molecule has 0 spiro atoms. The molecule has 13 nitrogen and oxygen atoms in total. The number of fused-ring (bicyclic) bond motifs is 24. The second kappa shape index (κ2) is 22.0. The molecule has 9 aliphatic heterocycles. The van der Waals surface area contributed by atoms with E-state index in [1.165, 1.54) is 110 Å². The van der Waals surface area contributed by atoms with Crippen LogP contribution in [0, 0.1) is 71.0 Å². The largest absolute Gasteiger partial charge is 0.412 e. The number of hydrogen-bond acceptors (Lipinski definition) is 12. The Morgan fingerprint density at radius 3 is 0.716 bits per heavy atom. The first-order valence-electron chi connectivity index (χ1n) is 33.0. The van der Waals surface area contributed by atoms with Crippen molar-refractivity contribution >= 4 is 0 Å². The van der Waals surface area contributed by atoms with E-state index in [0.29, 0.717) is 47.8 Å². The summed E-state index contributed by atoms with van der Waals surface area (Å²) in [5.41, 5.74) is 12.3. The smallest absolute Gasteiger partial charge is 0.0632 e. The van der Waals surface area contributed by atoms with Crippen LogP contribution in [0.4, 0.5) is 0 Å². The van der Waals surface area contributed by atoms with Crippen LogP contribution < -0.4 is 63.8 Å². The SMILES string of the molecule is O.c1ccc2c(c1)CCNC2C1C2C3NC4NC(NC5NC(NC6NC(NC(N3)C2C(C2NCCc3ccccc32)C(C2NCCc3ccccc32)C1C1NCCc2ccccc21)C1CCCCC61)C1CCCCC51)C1CCCCC41. The van der Waals surface area contributed by atoms with E-state index in [4.69, 9.17) is 16.0 Å². The number of rotatable bonds is 4. The van der Waals surface area contributed by atoms with Gasteiger partial charge in [-0.3, -0.25) is 42.5 Å². The van der Waals surface area contributed by atoms with Crippen LogP contribution in [0.3, 0.4) is 0 Å². The molecule has 24 atom stereocenters. The standard InChI is InChI=1S/C68H92N12.H2O/c1-5-19-41-37(15-1)29-33-69-57(41)51-52(58-42-20-6-2-16-38(42)30-34-70-58)54(60-44-22-8-4-18-40(44)32-36-72-60)56-55(53(51)59-43-21-7-3-17-39(43)31-35-71-59)67-78-65-49-27-13-11-25-47(49)63(76-65)74-61-45-23-9-10-24-46(45)62(73-61)75-64-48-26-12-14-28-50(48)66(77-64)79-68(56)80-67;/h1-8,15-22,45-80H,9-14,23-36H2;1H2. The molecule has 8 bridgehead atoms. The van der Waals surface area contributed by atoms with Crippen LogP contribution in [-0.2, 0) is 25.7 Å². The molecule has 5 saturated heterocycles. The van der Waals surface area contributed by atoms with Crippen molar-refractivity contribution in [1.29, 1.82) is 0 Å². The lowest BCUT2D eigenvalue weighted by atomic mass is 9.48. The minimum atomic E-state index is 0. The minimum Gasteiger partial charge on any atom is -0.412 e. The highest BCUT2D eigenvalue weighted by Gasteiger charge is 2.66. The third kappa shape index (κ3) is 8.94. The summed E-state index contributed by atoms with van der Waals surface area (Å²) in [5.74, 6) is 5.28. The van der Waals surface area contributed by atoms with Crippen LogP contribution in [0.1, 0.15) is 146 Å². The van der Waals surface area contributed by atoms with E-state index in [9.17, 15) is 0 Å². The fraction of sp³-hybridized carbons (Fsp3) is 0.647. The van der Waals surface area contributed by atoms with Crippen molar-refractivity contribution in [1.82, 2.24) is 63.8 Å². The van der Waals surface area contributed by atoms with E-state index in [1.807, 2.05) is 0 Å². The molecule has 17 rings (SSSR count). The van der Waals surface area contributed by atoms with Crippen LogP contribution in [0.2, 0.25) is 0 Å². The Bertz CT molecular complexity index is 2700. The molecule has 0 radical (unpaired) electrons. The maximum Gasteiger partial charge on any atom is 0.0632 e. The average molecular weight is 1100 g/mol. The molecule has 4 aliphatic carbocycles. The topological polar surface area (TPSA) is 176 Å². The van der Waals surface area contributed by atoms with Gasteiger partial charge in [0.2, 0.25) is 0 Å². The molecule has 9 fully saturated rings. The van der Waals surface area contributed by atoms with Gasteiger partial charge in [0.15, 0.2) is 0 Å². The van der Waals surface area contributed by atoms with E-state index >= 15 is 0 Å². The maximum atomic E-state index is 4.76. The van der Waals surface area contributed by atoms with Crippen LogP contribution in [0.5, 0.6) is 0 Å². The van der Waals surface area contributed by atoms with Gasteiger partial charge in [0, 0.05) is 24.2 Å². The van der Waals surface area contributed by atoms with Gasteiger partial charge in [0.25, 0.3) is 0 Å². The van der Waals surface area contributed by atoms with E-state index in [2.05, 4.69) is 145 Å². The molecule has 432 valence electrons. The van der Waals surface area contributed by atoms with E-state index in [1.54, 1.807) is 11.1 Å². The van der Waals surface area contributed by atoms with Gasteiger partial charge in [-0.25, -0.2) is 0 Å². The average Bonchev–Trinajstić information content (AvgIpc) is 4.46. The van der Waals surface area contributed by atoms with E-state index < -0.39 is 0 Å². The Morgan fingerprint density at radius 2 is 0.457 bits per heavy atom. The Hall–Kier alpha value is -3.64. The highest BCUT2D eigenvalue weighted by molar-refractivity contribution is 5.41. The number of benzene rings is 4. The van der Waals surface area contributed by atoms with E-state index in [-0.39, 0.29) is 102 Å². The van der Waals surface area contributed by atoms with Crippen LogP contribution >= 0.6 is 0 Å². The lowest BCUT2D eigenvalue weighted by molar-refractivity contribution is -0.0880. The summed E-state index contributed by atoms with van der Waals surface area (Å²) in [4.78, 5) is 0. The van der Waals surface area contributed by atoms with Gasteiger partial charge in [0.05, 0.1) is 49.3 Å². The second-order valence-corrected chi connectivity index (χ2v) is 28.0. The first-order valence-corrected chi connectivity index (χ1v) is 33.0. The van der Waals surface area contributed by atoms with Gasteiger partial charge in [-0.2, -0.15) is 0 Å². The fourth-order valence-electron chi connectivity index (χ4n) is 21.6. The van der Waals surface area contributed by atoms with Gasteiger partial charge >= 0.3 is 0 Å². The molecule has 13 aliphatic rings. The number of hydrogen-bond donors (Lipinski definition) is 12. The van der Waals surface area contributed by atoms with Crippen molar-refractivity contribution in [3.05, 3.63) is 142 Å². The first-order chi connectivity index (χ1) is 39.7. The summed E-state index contributed by atoms with van der Waals surface area (Å²) < 4.78 is 0. The third-order valence-electron chi connectivity index (χ3n) is 24.6. The van der Waals surface area contributed by atoms with Crippen molar-refractivity contribution in [2.45, 2.75) is 176 Å². The summed E-state index contributed by atoms with van der Waals surface area (Å²) >= 11 is 0. The summed E-state index contributed by atoms with van der Waals surface area (Å²) in [6, 6.07) is 39.4. The van der Waals surface area contributed by atoms with Crippen molar-refractivity contribution in [3.63, 3.8) is 0 Å². The normalized spacial score (nSPS) is 44.8. The fourth-order valence-corrected chi connectivity index (χ4v) is 21.6. The maximum absolute atomic E-state index is 4.76. The summed E-state index contributed by atoms with van der Waals surface area (Å²) in [5, 5.41) is 54.5. The van der Waals surface area contributed by atoms with Gasteiger partial charge < -0.3 is 26.7 Å². The van der Waals surface area contributed by atoms with Crippen LogP contribution in [0.25, 0.3) is 0 Å². The zero-order valence-corrected chi connectivity index (χ0v) is 47.7. The lowest BCUT2D eigenvalue weighted by Crippen LogP contribution is -2.64. The van der Waals surface area contributed by atoms with Gasteiger partial charge in [-0.15, -0.1) is 0 Å². The molecule has 4 aromatic carbocycles. The zero-order chi connectivity index (χ0) is 52.4. The molecule has 81 heavy (non-hydrogen) atoms. The Morgan fingerprint density at radius 1 is 0.247 bits per heavy atom.